The average molecular weight is 538 g/mol. The van der Waals surface area contributed by atoms with Gasteiger partial charge in [0.05, 0.1) is 6.61 Å². The van der Waals surface area contributed by atoms with E-state index in [0.29, 0.717) is 38.2 Å². The maximum atomic E-state index is 13.4. The van der Waals surface area contributed by atoms with E-state index < -0.39 is 18.0 Å². The smallest absolute Gasteiger partial charge is 0.419 e. The number of nitrogens with zero attached hydrogens (tertiary/aromatic N) is 2. The Morgan fingerprint density at radius 2 is 1.72 bits per heavy atom. The topological polar surface area (TPSA) is 148 Å². The highest BCUT2D eigenvalue weighted by Crippen LogP contribution is 2.38. The number of carbonyl (C=O) groups is 3. The predicted octanol–water partition coefficient (Wildman–Crippen LogP) is 2.01. The molecule has 1 saturated heterocycles. The minimum Gasteiger partial charge on any atom is -0.464 e. The van der Waals surface area contributed by atoms with Crippen LogP contribution in [0.25, 0.3) is 0 Å². The highest BCUT2D eigenvalue weighted by Gasteiger charge is 2.34. The van der Waals surface area contributed by atoms with Crippen LogP contribution in [0, 0.1) is 5.92 Å². The van der Waals surface area contributed by atoms with E-state index in [-0.39, 0.29) is 30.4 Å². The van der Waals surface area contributed by atoms with E-state index >= 15 is 0 Å². The second-order valence-corrected chi connectivity index (χ2v) is 10.5. The first kappa shape index (κ1) is 28.5. The third kappa shape index (κ3) is 7.56. The molecule has 0 radical (unpaired) electrons. The quantitative estimate of drug-likeness (QED) is 0.311. The number of rotatable bonds is 10. The molecule has 4 atom stereocenters. The van der Waals surface area contributed by atoms with Crippen LogP contribution in [0.1, 0.15) is 54.3 Å². The van der Waals surface area contributed by atoms with Gasteiger partial charge in [-0.15, -0.1) is 0 Å². The number of β-amino-alcohol motifs (C(OH)–C–C–N with tert-alkyl or cyclic N) is 1. The number of benzene rings is 2. The Morgan fingerprint density at radius 1 is 1.00 bits per heavy atom. The van der Waals surface area contributed by atoms with Crippen molar-refractivity contribution in [3.63, 3.8) is 0 Å². The van der Waals surface area contributed by atoms with Crippen molar-refractivity contribution in [1.29, 1.82) is 0 Å². The number of carboxylic acid groups (broad SMARTS) is 1. The summed E-state index contributed by atoms with van der Waals surface area (Å²) in [5, 5.41) is 23.3. The van der Waals surface area contributed by atoms with Gasteiger partial charge in [-0.3, -0.25) is 19.9 Å². The third-order valence-corrected chi connectivity index (χ3v) is 7.91. The minimum atomic E-state index is -1.08. The fraction of sp³-hybridized carbons (Fsp3) is 0.483. The molecule has 0 bridgehead atoms. The van der Waals surface area contributed by atoms with Gasteiger partial charge in [0.15, 0.2) is 0 Å². The van der Waals surface area contributed by atoms with Gasteiger partial charge in [-0.25, -0.2) is 9.80 Å². The highest BCUT2D eigenvalue weighted by atomic mass is 16.4. The van der Waals surface area contributed by atoms with E-state index in [4.69, 9.17) is 5.73 Å². The van der Waals surface area contributed by atoms with Gasteiger partial charge < -0.3 is 21.3 Å². The lowest BCUT2D eigenvalue weighted by atomic mass is 9.74. The lowest BCUT2D eigenvalue weighted by Crippen LogP contribution is -2.60. The number of nitrogens with one attached hydrogen (secondary N) is 2. The first-order valence-corrected chi connectivity index (χ1v) is 13.7. The van der Waals surface area contributed by atoms with Crippen LogP contribution in [0.2, 0.25) is 0 Å². The molecule has 6 N–H and O–H groups in total. The van der Waals surface area contributed by atoms with Crippen molar-refractivity contribution in [2.75, 3.05) is 32.8 Å². The molecule has 2 aliphatic rings. The van der Waals surface area contributed by atoms with Gasteiger partial charge in [-0.1, -0.05) is 67.4 Å². The van der Waals surface area contributed by atoms with Crippen LogP contribution in [0.4, 0.5) is 4.79 Å². The Hall–Kier alpha value is -3.47. The molecular formula is C29H39N5O5. The molecule has 1 saturated carbocycles. The second kappa shape index (κ2) is 13.5. The van der Waals surface area contributed by atoms with Crippen molar-refractivity contribution in [3.05, 3.63) is 71.3 Å². The molecule has 0 spiro atoms. The monoisotopic (exact) mass is 537 g/mol. The van der Waals surface area contributed by atoms with E-state index in [1.165, 1.54) is 0 Å². The summed E-state index contributed by atoms with van der Waals surface area (Å²) in [6.45, 7) is 2.50. The van der Waals surface area contributed by atoms with Crippen LogP contribution >= 0.6 is 0 Å². The molecule has 2 aromatic carbocycles. The third-order valence-electron chi connectivity index (χ3n) is 7.91. The summed E-state index contributed by atoms with van der Waals surface area (Å²) in [5.41, 5.74) is 11.0. The summed E-state index contributed by atoms with van der Waals surface area (Å²) >= 11 is 0. The van der Waals surface area contributed by atoms with Gasteiger partial charge >= 0.3 is 6.09 Å². The zero-order chi connectivity index (χ0) is 27.8. The standard InChI is InChI=1S/C29H39N5O5/c30-27(36)26(22-6-2-1-3-7-22)31-28(37)25-9-5-4-8-24(25)21-12-10-20(11-13-21)18-23-19-33(16-17-35)14-15-34(23)32-29(38)39/h1-3,6-7,10-13,23-26,32,35H,4-5,8-9,14-19H2,(H2,30,36)(H,31,37)(H,38,39)/t23?,24-,25+,26-/m0/s1. The van der Waals surface area contributed by atoms with Gasteiger partial charge in [0.1, 0.15) is 6.04 Å². The molecule has 3 amide bonds. The highest BCUT2D eigenvalue weighted by molar-refractivity contribution is 5.89. The number of aliphatic hydroxyl groups is 1. The Labute approximate surface area is 229 Å². The number of aliphatic hydroxyl groups excluding tert-OH is 1. The predicted molar refractivity (Wildman–Crippen MR) is 147 cm³/mol. The molecule has 2 fully saturated rings. The van der Waals surface area contributed by atoms with Crippen LogP contribution in [0.5, 0.6) is 0 Å². The number of carbonyl (C=O) groups excluding carboxylic acids is 2. The van der Waals surface area contributed by atoms with Crippen LogP contribution in [0.3, 0.4) is 0 Å². The fourth-order valence-electron chi connectivity index (χ4n) is 5.94. The number of nitrogens with two attached hydrogens (primary N) is 1. The molecule has 10 nitrogen and oxygen atoms in total. The maximum absolute atomic E-state index is 13.4. The molecule has 2 aromatic rings. The zero-order valence-corrected chi connectivity index (χ0v) is 22.2. The van der Waals surface area contributed by atoms with Gasteiger partial charge in [0.2, 0.25) is 11.8 Å². The molecule has 4 rings (SSSR count). The SMILES string of the molecule is NC(=O)[C@@H](NC(=O)[C@@H]1CCCC[C@H]1c1ccc(CC2CN(CCO)CCN2NC(=O)O)cc1)c1ccccc1. The summed E-state index contributed by atoms with van der Waals surface area (Å²) in [6, 6.07) is 16.4. The van der Waals surface area contributed by atoms with Crippen molar-refractivity contribution in [1.82, 2.24) is 20.7 Å². The Balaban J connectivity index is 1.45. The number of primary amides is 1. The van der Waals surface area contributed by atoms with Crippen molar-refractivity contribution in [3.8, 4) is 0 Å². The first-order valence-electron chi connectivity index (χ1n) is 13.7. The molecule has 39 heavy (non-hydrogen) atoms. The van der Waals surface area contributed by atoms with Crippen LogP contribution in [-0.4, -0.2) is 76.9 Å². The van der Waals surface area contributed by atoms with E-state index in [0.717, 1.165) is 36.8 Å². The van der Waals surface area contributed by atoms with Gasteiger partial charge in [0.25, 0.3) is 0 Å². The van der Waals surface area contributed by atoms with Crippen molar-refractivity contribution < 1.29 is 24.6 Å². The number of hydrazine groups is 1. The van der Waals surface area contributed by atoms with Gasteiger partial charge in [-0.05, 0) is 41.9 Å². The molecule has 1 unspecified atom stereocenters. The normalized spacial score (nSPS) is 23.1. The maximum Gasteiger partial charge on any atom is 0.419 e. The molecule has 210 valence electrons. The molecule has 1 aliphatic carbocycles. The Bertz CT molecular complexity index is 1110. The summed E-state index contributed by atoms with van der Waals surface area (Å²) in [7, 11) is 0. The minimum absolute atomic E-state index is 0.0389. The number of hydrogen-bond acceptors (Lipinski definition) is 6. The summed E-state index contributed by atoms with van der Waals surface area (Å²) in [5.74, 6) is -0.955. The largest absolute Gasteiger partial charge is 0.464 e. The molecule has 1 aliphatic heterocycles. The lowest BCUT2D eigenvalue weighted by molar-refractivity contribution is -0.131. The Morgan fingerprint density at radius 3 is 2.38 bits per heavy atom. The van der Waals surface area contributed by atoms with Crippen LogP contribution in [-0.2, 0) is 16.0 Å². The lowest BCUT2D eigenvalue weighted by Gasteiger charge is -2.40. The first-order chi connectivity index (χ1) is 18.9. The fourth-order valence-corrected chi connectivity index (χ4v) is 5.94. The summed E-state index contributed by atoms with van der Waals surface area (Å²) in [6.07, 6.45) is 3.19. The van der Waals surface area contributed by atoms with Crippen molar-refractivity contribution in [2.24, 2.45) is 11.7 Å². The molecule has 10 heteroatoms. The summed E-state index contributed by atoms with van der Waals surface area (Å²) < 4.78 is 0. The Kier molecular flexibility index (Phi) is 9.91. The number of hydrogen-bond donors (Lipinski definition) is 5. The van der Waals surface area contributed by atoms with E-state index in [2.05, 4.69) is 39.9 Å². The molecule has 0 aromatic heterocycles. The number of piperazine rings is 1. The summed E-state index contributed by atoms with van der Waals surface area (Å²) in [4.78, 5) is 39.0. The van der Waals surface area contributed by atoms with E-state index in [1.807, 2.05) is 18.2 Å². The van der Waals surface area contributed by atoms with E-state index in [9.17, 15) is 24.6 Å². The van der Waals surface area contributed by atoms with Gasteiger partial charge in [-0.2, -0.15) is 0 Å². The van der Waals surface area contributed by atoms with Gasteiger partial charge in [0, 0.05) is 38.1 Å². The molecular weight excluding hydrogens is 498 g/mol. The van der Waals surface area contributed by atoms with Crippen LogP contribution < -0.4 is 16.5 Å². The zero-order valence-electron chi connectivity index (χ0n) is 22.2. The van der Waals surface area contributed by atoms with Crippen molar-refractivity contribution >= 4 is 17.9 Å². The average Bonchev–Trinajstić information content (AvgIpc) is 2.93. The van der Waals surface area contributed by atoms with Crippen LogP contribution in [0.15, 0.2) is 54.6 Å². The number of amides is 3. The van der Waals surface area contributed by atoms with Crippen molar-refractivity contribution in [2.45, 2.75) is 50.1 Å². The molecule has 1 heterocycles. The second-order valence-electron chi connectivity index (χ2n) is 10.5. The van der Waals surface area contributed by atoms with E-state index in [1.54, 1.807) is 17.1 Å².